The van der Waals surface area contributed by atoms with E-state index in [-0.39, 0.29) is 24.0 Å². The summed E-state index contributed by atoms with van der Waals surface area (Å²) in [6, 6.07) is 7.58. The highest BCUT2D eigenvalue weighted by Crippen LogP contribution is 2.22. The zero-order valence-corrected chi connectivity index (χ0v) is 18.3. The van der Waals surface area contributed by atoms with Crippen molar-refractivity contribution in [3.63, 3.8) is 0 Å². The van der Waals surface area contributed by atoms with Crippen LogP contribution in [0.2, 0.25) is 4.34 Å². The fraction of sp³-hybridized carbons (Fsp3) is 0.312. The second kappa shape index (κ2) is 9.93. The first-order valence-corrected chi connectivity index (χ1v) is 8.96. The summed E-state index contributed by atoms with van der Waals surface area (Å²) >= 11 is 7.55. The molecule has 3 aromatic heterocycles. The van der Waals surface area contributed by atoms with E-state index in [1.807, 2.05) is 31.3 Å². The van der Waals surface area contributed by atoms with Gasteiger partial charge in [0.05, 0.1) is 17.1 Å². The van der Waals surface area contributed by atoms with Gasteiger partial charge in [0.1, 0.15) is 5.82 Å². The van der Waals surface area contributed by atoms with E-state index < -0.39 is 0 Å². The van der Waals surface area contributed by atoms with Crippen molar-refractivity contribution in [2.24, 2.45) is 4.99 Å². The molecule has 0 atom stereocenters. The lowest BCUT2D eigenvalue weighted by atomic mass is 10.4. The number of H-pyrrole nitrogens is 1. The molecular formula is C16H20ClIN6OS. The van der Waals surface area contributed by atoms with Gasteiger partial charge in [-0.25, -0.2) is 4.98 Å². The van der Waals surface area contributed by atoms with Gasteiger partial charge in [-0.1, -0.05) is 11.6 Å². The Labute approximate surface area is 177 Å². The lowest BCUT2D eigenvalue weighted by Crippen LogP contribution is -2.39. The number of furan rings is 1. The van der Waals surface area contributed by atoms with Crippen LogP contribution in [0, 0.1) is 0 Å². The monoisotopic (exact) mass is 506 g/mol. The highest BCUT2D eigenvalue weighted by atomic mass is 127. The maximum atomic E-state index is 5.98. The van der Waals surface area contributed by atoms with Crippen LogP contribution in [-0.4, -0.2) is 46.7 Å². The molecule has 0 saturated carbocycles. The zero-order valence-electron chi connectivity index (χ0n) is 14.4. The molecule has 0 fully saturated rings. The average molecular weight is 507 g/mol. The summed E-state index contributed by atoms with van der Waals surface area (Å²) in [5.74, 6) is 2.83. The number of aromatic amines is 1. The third-order valence-corrected chi connectivity index (χ3v) is 4.73. The molecule has 140 valence electrons. The molecular weight excluding hydrogens is 487 g/mol. The summed E-state index contributed by atoms with van der Waals surface area (Å²) in [6.45, 7) is 1.44. The van der Waals surface area contributed by atoms with E-state index in [2.05, 4.69) is 30.4 Å². The molecule has 2 N–H and O–H groups in total. The van der Waals surface area contributed by atoms with Crippen LogP contribution in [0.4, 0.5) is 0 Å². The molecule has 0 radical (unpaired) electrons. The van der Waals surface area contributed by atoms with Gasteiger partial charge in [-0.3, -0.25) is 10.1 Å². The number of nitrogens with zero attached hydrogens (tertiary/aromatic N) is 4. The molecule has 3 heterocycles. The van der Waals surface area contributed by atoms with Crippen LogP contribution < -0.4 is 5.32 Å². The maximum Gasteiger partial charge on any atom is 0.216 e. The van der Waals surface area contributed by atoms with Gasteiger partial charge in [0, 0.05) is 31.9 Å². The minimum absolute atomic E-state index is 0. The van der Waals surface area contributed by atoms with Gasteiger partial charge in [0.25, 0.3) is 0 Å². The number of nitrogens with one attached hydrogen (secondary N) is 2. The summed E-state index contributed by atoms with van der Waals surface area (Å²) in [6.07, 6.45) is 2.30. The molecule has 0 saturated heterocycles. The van der Waals surface area contributed by atoms with Gasteiger partial charge in [-0.2, -0.15) is 5.10 Å². The lowest BCUT2D eigenvalue weighted by Gasteiger charge is -2.21. The highest BCUT2D eigenvalue weighted by Gasteiger charge is 2.10. The van der Waals surface area contributed by atoms with E-state index >= 15 is 0 Å². The smallest absolute Gasteiger partial charge is 0.216 e. The Kier molecular flexibility index (Phi) is 7.91. The second-order valence-corrected chi connectivity index (χ2v) is 7.17. The molecule has 10 heteroatoms. The van der Waals surface area contributed by atoms with Crippen molar-refractivity contribution >= 4 is 52.9 Å². The quantitative estimate of drug-likeness (QED) is 0.303. The normalized spacial score (nSPS) is 11.3. The summed E-state index contributed by atoms with van der Waals surface area (Å²) in [7, 11) is 3.76. The molecule has 0 bridgehead atoms. The molecule has 3 aromatic rings. The van der Waals surface area contributed by atoms with Crippen molar-refractivity contribution < 1.29 is 4.42 Å². The molecule has 0 amide bonds. The van der Waals surface area contributed by atoms with Crippen molar-refractivity contribution in [3.05, 3.63) is 45.6 Å². The molecule has 0 spiro atoms. The van der Waals surface area contributed by atoms with Crippen LogP contribution in [0.3, 0.4) is 0 Å². The number of thiophene rings is 1. The molecule has 3 rings (SSSR count). The predicted molar refractivity (Wildman–Crippen MR) is 115 cm³/mol. The average Bonchev–Trinajstić information content (AvgIpc) is 3.33. The van der Waals surface area contributed by atoms with Crippen molar-refractivity contribution in [1.29, 1.82) is 0 Å². The van der Waals surface area contributed by atoms with E-state index in [9.17, 15) is 0 Å². The fourth-order valence-electron chi connectivity index (χ4n) is 2.35. The van der Waals surface area contributed by atoms with E-state index in [0.717, 1.165) is 22.7 Å². The lowest BCUT2D eigenvalue weighted by molar-refractivity contribution is 0.481. The number of halogens is 2. The molecule has 0 aliphatic rings. The Morgan fingerprint density at radius 3 is 2.92 bits per heavy atom. The van der Waals surface area contributed by atoms with Crippen LogP contribution in [0.1, 0.15) is 10.7 Å². The van der Waals surface area contributed by atoms with Crippen molar-refractivity contribution in [2.75, 3.05) is 20.6 Å². The van der Waals surface area contributed by atoms with Crippen LogP contribution in [-0.2, 0) is 13.0 Å². The SMILES string of the molecule is CN=C(NCCc1nc(-c2ccco2)n[nH]1)N(C)Cc1ccc(Cl)s1.I. The highest BCUT2D eigenvalue weighted by molar-refractivity contribution is 14.0. The number of aliphatic imine (C=N–C) groups is 1. The standard InChI is InChI=1S/C16H19ClN6OS.HI/c1-18-16(23(2)10-11-5-6-13(17)25-11)19-8-7-14-20-15(22-21-14)12-4-3-9-24-12;/h3-6,9H,7-8,10H2,1-2H3,(H,18,19)(H,20,21,22);1H. The Morgan fingerprint density at radius 2 is 2.27 bits per heavy atom. The Hall–Kier alpha value is -1.59. The first-order chi connectivity index (χ1) is 12.2. The van der Waals surface area contributed by atoms with Crippen molar-refractivity contribution in [3.8, 4) is 11.6 Å². The summed E-state index contributed by atoms with van der Waals surface area (Å²) in [5, 5.41) is 10.4. The Balaban J connectivity index is 0.00000243. The van der Waals surface area contributed by atoms with Crippen molar-refractivity contribution in [1.82, 2.24) is 25.4 Å². The predicted octanol–water partition coefficient (Wildman–Crippen LogP) is 3.65. The van der Waals surface area contributed by atoms with Crippen molar-refractivity contribution in [2.45, 2.75) is 13.0 Å². The molecule has 26 heavy (non-hydrogen) atoms. The summed E-state index contributed by atoms with van der Waals surface area (Å²) < 4.78 is 6.08. The Bertz CT molecular complexity index is 832. The summed E-state index contributed by atoms with van der Waals surface area (Å²) in [4.78, 5) is 12.0. The Morgan fingerprint density at radius 1 is 1.42 bits per heavy atom. The van der Waals surface area contributed by atoms with Crippen LogP contribution in [0.5, 0.6) is 0 Å². The van der Waals surface area contributed by atoms with Gasteiger partial charge in [0.2, 0.25) is 5.82 Å². The van der Waals surface area contributed by atoms with Crippen LogP contribution >= 0.6 is 46.9 Å². The maximum absolute atomic E-state index is 5.98. The van der Waals surface area contributed by atoms with Gasteiger partial charge in [0.15, 0.2) is 11.7 Å². The number of aromatic nitrogens is 3. The van der Waals surface area contributed by atoms with Crippen LogP contribution in [0.15, 0.2) is 39.9 Å². The first kappa shape index (κ1) is 20.7. The van der Waals surface area contributed by atoms with Gasteiger partial charge >= 0.3 is 0 Å². The van der Waals surface area contributed by atoms with Gasteiger partial charge in [-0.15, -0.1) is 35.3 Å². The molecule has 0 unspecified atom stereocenters. The second-order valence-electron chi connectivity index (χ2n) is 5.37. The van der Waals surface area contributed by atoms with E-state index in [1.54, 1.807) is 24.6 Å². The van der Waals surface area contributed by atoms with Gasteiger partial charge in [-0.05, 0) is 24.3 Å². The topological polar surface area (TPSA) is 82.3 Å². The van der Waals surface area contributed by atoms with E-state index in [1.165, 1.54) is 4.88 Å². The number of hydrogen-bond acceptors (Lipinski definition) is 5. The van der Waals surface area contributed by atoms with E-state index in [0.29, 0.717) is 24.6 Å². The third kappa shape index (κ3) is 5.45. The molecule has 0 aliphatic carbocycles. The van der Waals surface area contributed by atoms with E-state index in [4.69, 9.17) is 16.0 Å². The van der Waals surface area contributed by atoms with Crippen LogP contribution in [0.25, 0.3) is 11.6 Å². The van der Waals surface area contributed by atoms with Gasteiger partial charge < -0.3 is 14.6 Å². The largest absolute Gasteiger partial charge is 0.461 e. The third-order valence-electron chi connectivity index (χ3n) is 3.51. The first-order valence-electron chi connectivity index (χ1n) is 7.77. The number of guanidine groups is 1. The number of rotatable bonds is 6. The fourth-order valence-corrected chi connectivity index (χ4v) is 3.49. The molecule has 7 nitrogen and oxygen atoms in total. The minimum Gasteiger partial charge on any atom is -0.461 e. The summed E-state index contributed by atoms with van der Waals surface area (Å²) in [5.41, 5.74) is 0. The minimum atomic E-state index is 0. The zero-order chi connectivity index (χ0) is 17.6. The number of hydrogen-bond donors (Lipinski definition) is 2. The molecule has 0 aromatic carbocycles. The molecule has 0 aliphatic heterocycles.